The Bertz CT molecular complexity index is 166. The molecule has 0 aromatic heterocycles. The normalized spacial score (nSPS) is 13.8. The third kappa shape index (κ3) is 6.71. The van der Waals surface area contributed by atoms with Crippen molar-refractivity contribution in [2.75, 3.05) is 11.3 Å². The van der Waals surface area contributed by atoms with Crippen LogP contribution in [-0.4, -0.2) is 27.2 Å². The molecule has 0 atom stereocenters. The van der Waals surface area contributed by atoms with Gasteiger partial charge >= 0.3 is 0 Å². The van der Waals surface area contributed by atoms with Gasteiger partial charge in [0, 0.05) is 17.0 Å². The van der Waals surface area contributed by atoms with E-state index in [0.29, 0.717) is 6.17 Å². The molecule has 0 aliphatic carbocycles. The summed E-state index contributed by atoms with van der Waals surface area (Å²) in [5, 5.41) is 0.823. The second kappa shape index (κ2) is 7.00. The van der Waals surface area contributed by atoms with Gasteiger partial charge in [0.25, 0.3) is 0 Å². The van der Waals surface area contributed by atoms with Crippen molar-refractivity contribution in [2.24, 2.45) is 4.99 Å². The molecular formula is C7H12NS2Si. The fourth-order valence-electron chi connectivity index (χ4n) is 0.608. The summed E-state index contributed by atoms with van der Waals surface area (Å²) < 4.78 is 0. The molecular weight excluding hydrogens is 190 g/mol. The average molecular weight is 202 g/mol. The summed E-state index contributed by atoms with van der Waals surface area (Å²) in [6, 6.07) is 0. The van der Waals surface area contributed by atoms with E-state index >= 15 is 0 Å². The molecule has 0 saturated heterocycles. The first kappa shape index (κ1) is 11.3. The average Bonchev–Trinajstić information content (AvgIpc) is 1.87. The fraction of sp³-hybridized carbons (Fsp3) is 0.571. The zero-order valence-corrected chi connectivity index (χ0v) is 9.51. The zero-order chi connectivity index (χ0) is 8.69. The van der Waals surface area contributed by atoms with Crippen LogP contribution in [0.5, 0.6) is 0 Å². The minimum Gasteiger partial charge on any atom is -0.294 e. The maximum atomic E-state index is 4.16. The number of thioether (sulfide) groups is 1. The standard InChI is InChI=1S/C7H12NS2Si/c1-6(8-4-11)3-7(2)10-5-9/h3,9H,4-5H2,1-2H3/b7-3-,8-6+. The van der Waals surface area contributed by atoms with Crippen molar-refractivity contribution in [2.45, 2.75) is 13.8 Å². The van der Waals surface area contributed by atoms with Crippen LogP contribution < -0.4 is 0 Å². The second-order valence-electron chi connectivity index (χ2n) is 1.99. The van der Waals surface area contributed by atoms with E-state index in [9.17, 15) is 0 Å². The molecule has 1 nitrogen and oxygen atoms in total. The van der Waals surface area contributed by atoms with Crippen molar-refractivity contribution in [3.8, 4) is 0 Å². The van der Waals surface area contributed by atoms with Gasteiger partial charge in [-0.2, -0.15) is 12.6 Å². The predicted molar refractivity (Wildman–Crippen MR) is 58.9 cm³/mol. The second-order valence-corrected chi connectivity index (χ2v) is 4.27. The topological polar surface area (TPSA) is 12.4 Å². The molecule has 0 aliphatic heterocycles. The van der Waals surface area contributed by atoms with Crippen molar-refractivity contribution in [1.29, 1.82) is 0 Å². The number of rotatable bonds is 4. The van der Waals surface area contributed by atoms with Crippen LogP contribution in [-0.2, 0) is 0 Å². The molecule has 0 aromatic rings. The predicted octanol–water partition coefficient (Wildman–Crippen LogP) is 2.10. The molecule has 61 valence electrons. The third-order valence-electron chi connectivity index (χ3n) is 1.03. The van der Waals surface area contributed by atoms with Crippen LogP contribution in [0.15, 0.2) is 16.0 Å². The Kier molecular flexibility index (Phi) is 7.21. The minimum atomic E-state index is 0.668. The first-order valence-corrected chi connectivity index (χ1v) is 5.60. The van der Waals surface area contributed by atoms with E-state index in [1.54, 1.807) is 11.8 Å². The summed E-state index contributed by atoms with van der Waals surface area (Å²) in [6.45, 7) is 4.05. The van der Waals surface area contributed by atoms with E-state index in [1.807, 2.05) is 6.92 Å². The quantitative estimate of drug-likeness (QED) is 0.319. The highest BCUT2D eigenvalue weighted by molar-refractivity contribution is 8.11. The number of hydrogen-bond acceptors (Lipinski definition) is 3. The molecule has 3 radical (unpaired) electrons. The zero-order valence-electron chi connectivity index (χ0n) is 6.79. The van der Waals surface area contributed by atoms with Crippen LogP contribution in [0.4, 0.5) is 0 Å². The summed E-state index contributed by atoms with van der Waals surface area (Å²) in [6.07, 6.45) is 2.72. The van der Waals surface area contributed by atoms with E-state index in [-0.39, 0.29) is 0 Å². The molecule has 0 N–H and O–H groups in total. The number of aliphatic imine (C=N–C) groups is 1. The van der Waals surface area contributed by atoms with Gasteiger partial charge in [0.05, 0.1) is 10.2 Å². The highest BCUT2D eigenvalue weighted by Crippen LogP contribution is 2.15. The van der Waals surface area contributed by atoms with Gasteiger partial charge in [-0.25, -0.2) is 0 Å². The van der Waals surface area contributed by atoms with Gasteiger partial charge in [-0.15, -0.1) is 11.8 Å². The molecule has 0 heterocycles. The Hall–Kier alpha value is 0.327. The summed E-state index contributed by atoms with van der Waals surface area (Å²) >= 11 is 5.82. The highest BCUT2D eigenvalue weighted by atomic mass is 32.2. The largest absolute Gasteiger partial charge is 0.294 e. The maximum absolute atomic E-state index is 4.16. The molecule has 0 aliphatic rings. The SMILES string of the molecule is C/C(=C/C(C)=N/C[Si])SCS. The minimum absolute atomic E-state index is 0.668. The molecule has 0 unspecified atom stereocenters. The molecule has 0 amide bonds. The van der Waals surface area contributed by atoms with Crippen LogP contribution in [0, 0.1) is 0 Å². The van der Waals surface area contributed by atoms with E-state index < -0.39 is 0 Å². The third-order valence-corrected chi connectivity index (χ3v) is 2.28. The summed E-state index contributed by atoms with van der Waals surface area (Å²) in [5.41, 5.74) is 1.05. The lowest BCUT2D eigenvalue weighted by Gasteiger charge is -1.96. The van der Waals surface area contributed by atoms with Crippen LogP contribution in [0.2, 0.25) is 0 Å². The van der Waals surface area contributed by atoms with Crippen LogP contribution in [0.3, 0.4) is 0 Å². The molecule has 11 heavy (non-hydrogen) atoms. The lowest BCUT2D eigenvalue weighted by atomic mass is 10.4. The van der Waals surface area contributed by atoms with Crippen LogP contribution in [0.25, 0.3) is 0 Å². The fourth-order valence-corrected chi connectivity index (χ4v) is 1.93. The number of thiol groups is 1. The van der Waals surface area contributed by atoms with Crippen LogP contribution >= 0.6 is 24.4 Å². The lowest BCUT2D eigenvalue weighted by Crippen LogP contribution is -1.88. The summed E-state index contributed by atoms with van der Waals surface area (Å²) in [4.78, 5) is 5.41. The Morgan fingerprint density at radius 1 is 1.64 bits per heavy atom. The molecule has 4 heteroatoms. The summed E-state index contributed by atoms with van der Waals surface area (Å²) in [5.74, 6) is 0. The van der Waals surface area contributed by atoms with Crippen molar-refractivity contribution in [3.63, 3.8) is 0 Å². The van der Waals surface area contributed by atoms with E-state index in [1.165, 1.54) is 4.91 Å². The van der Waals surface area contributed by atoms with Crippen molar-refractivity contribution < 1.29 is 0 Å². The first-order chi connectivity index (χ1) is 5.20. The van der Waals surface area contributed by atoms with E-state index in [0.717, 1.165) is 10.8 Å². The van der Waals surface area contributed by atoms with Crippen molar-refractivity contribution in [1.82, 2.24) is 0 Å². The number of hydrogen-bond donors (Lipinski definition) is 1. The Labute approximate surface area is 81.6 Å². The molecule has 0 aromatic carbocycles. The Balaban J connectivity index is 3.96. The highest BCUT2D eigenvalue weighted by Gasteiger charge is 1.88. The van der Waals surface area contributed by atoms with Gasteiger partial charge in [0.15, 0.2) is 0 Å². The number of nitrogens with zero attached hydrogens (tertiary/aromatic N) is 1. The Morgan fingerprint density at radius 3 is 2.73 bits per heavy atom. The summed E-state index contributed by atoms with van der Waals surface area (Å²) in [7, 11) is 3.28. The van der Waals surface area contributed by atoms with Gasteiger partial charge < -0.3 is 0 Å². The Morgan fingerprint density at radius 2 is 2.27 bits per heavy atom. The van der Waals surface area contributed by atoms with Crippen LogP contribution in [0.1, 0.15) is 13.8 Å². The maximum Gasteiger partial charge on any atom is 0.0542 e. The number of allylic oxidation sites excluding steroid dienone is 2. The lowest BCUT2D eigenvalue weighted by molar-refractivity contribution is 1.35. The van der Waals surface area contributed by atoms with Gasteiger partial charge in [-0.1, -0.05) is 0 Å². The molecule has 0 rings (SSSR count). The van der Waals surface area contributed by atoms with E-state index in [2.05, 4.69) is 40.9 Å². The molecule has 0 saturated carbocycles. The first-order valence-electron chi connectivity index (χ1n) is 3.28. The molecule has 0 spiro atoms. The smallest absolute Gasteiger partial charge is 0.0542 e. The van der Waals surface area contributed by atoms with Crippen molar-refractivity contribution in [3.05, 3.63) is 11.0 Å². The molecule has 0 bridgehead atoms. The monoisotopic (exact) mass is 202 g/mol. The van der Waals surface area contributed by atoms with Gasteiger partial charge in [0.1, 0.15) is 0 Å². The van der Waals surface area contributed by atoms with E-state index in [4.69, 9.17) is 0 Å². The van der Waals surface area contributed by atoms with Gasteiger partial charge in [-0.05, 0) is 24.8 Å². The van der Waals surface area contributed by atoms with Gasteiger partial charge in [-0.3, -0.25) is 4.99 Å². The molecule has 0 fully saturated rings. The van der Waals surface area contributed by atoms with Gasteiger partial charge in [0.2, 0.25) is 0 Å². The van der Waals surface area contributed by atoms with Crippen molar-refractivity contribution >= 4 is 40.3 Å².